The van der Waals surface area contributed by atoms with Crippen LogP contribution in [0.15, 0.2) is 18.2 Å². The molecule has 1 amide bonds. The van der Waals surface area contributed by atoms with Crippen molar-refractivity contribution in [3.63, 3.8) is 0 Å². The van der Waals surface area contributed by atoms with E-state index in [1.165, 1.54) is 5.56 Å². The van der Waals surface area contributed by atoms with E-state index >= 15 is 0 Å². The van der Waals surface area contributed by atoms with E-state index in [1.807, 2.05) is 18.9 Å². The van der Waals surface area contributed by atoms with E-state index in [0.717, 1.165) is 50.0 Å². The van der Waals surface area contributed by atoms with E-state index < -0.39 is 0 Å². The van der Waals surface area contributed by atoms with Crippen LogP contribution in [0.5, 0.6) is 5.75 Å². The Morgan fingerprint density at radius 3 is 2.68 bits per heavy atom. The fourth-order valence-electron chi connectivity index (χ4n) is 3.65. The van der Waals surface area contributed by atoms with Crippen LogP contribution in [0.2, 0.25) is 0 Å². The zero-order valence-corrected chi connectivity index (χ0v) is 18.6. The Hall–Kier alpha value is -1.30. The Labute approximate surface area is 176 Å². The molecule has 1 saturated carbocycles. The minimum atomic E-state index is -0.0414. The zero-order valence-electron chi connectivity index (χ0n) is 17.8. The fraction of sp³-hybridized carbons (Fsp3) is 0.682. The van der Waals surface area contributed by atoms with Crippen molar-refractivity contribution in [1.82, 2.24) is 4.90 Å². The lowest BCUT2D eigenvalue weighted by molar-refractivity contribution is -0.136. The largest absolute Gasteiger partial charge is 0.493 e. The van der Waals surface area contributed by atoms with Gasteiger partial charge in [-0.05, 0) is 63.1 Å². The monoisotopic (exact) mass is 412 g/mol. The summed E-state index contributed by atoms with van der Waals surface area (Å²) in [5, 5.41) is 0. The van der Waals surface area contributed by atoms with E-state index in [1.54, 1.807) is 0 Å². The van der Waals surface area contributed by atoms with Crippen LogP contribution < -0.4 is 10.5 Å². The highest BCUT2D eigenvalue weighted by Gasteiger charge is 2.33. The van der Waals surface area contributed by atoms with E-state index in [2.05, 4.69) is 32.0 Å². The van der Waals surface area contributed by atoms with Gasteiger partial charge in [-0.25, -0.2) is 0 Å². The Morgan fingerprint density at radius 2 is 2.00 bits per heavy atom. The zero-order chi connectivity index (χ0) is 19.8. The molecule has 0 radical (unpaired) electrons. The average Bonchev–Trinajstić information content (AvgIpc) is 2.66. The van der Waals surface area contributed by atoms with Crippen molar-refractivity contribution in [2.24, 2.45) is 11.7 Å². The summed E-state index contributed by atoms with van der Waals surface area (Å²) in [6, 6.07) is 6.18. The molecule has 1 aliphatic rings. The van der Waals surface area contributed by atoms with Gasteiger partial charge in [-0.3, -0.25) is 4.79 Å². The number of rotatable bonds is 9. The highest BCUT2D eigenvalue weighted by Crippen LogP contribution is 2.27. The van der Waals surface area contributed by atoms with Crippen LogP contribution >= 0.6 is 12.4 Å². The molecular weight excluding hydrogens is 376 g/mol. The molecule has 1 aromatic rings. The second-order valence-electron chi connectivity index (χ2n) is 7.81. The van der Waals surface area contributed by atoms with Gasteiger partial charge in [0.15, 0.2) is 0 Å². The summed E-state index contributed by atoms with van der Waals surface area (Å²) in [5.74, 6) is 1.15. The summed E-state index contributed by atoms with van der Waals surface area (Å²) in [7, 11) is 1.88. The number of hydrogen-bond donors (Lipinski definition) is 1. The second kappa shape index (κ2) is 12.3. The minimum Gasteiger partial charge on any atom is -0.493 e. The predicted molar refractivity (Wildman–Crippen MR) is 116 cm³/mol. The number of carbonyl (C=O) groups is 1. The lowest BCUT2D eigenvalue weighted by Crippen LogP contribution is -2.46. The summed E-state index contributed by atoms with van der Waals surface area (Å²) in [6.07, 6.45) is 4.38. The number of halogens is 1. The van der Waals surface area contributed by atoms with Gasteiger partial charge in [0, 0.05) is 32.2 Å². The number of ether oxygens (including phenoxy) is 2. The first-order valence-corrected chi connectivity index (χ1v) is 10.2. The van der Waals surface area contributed by atoms with Crippen LogP contribution in [0.25, 0.3) is 0 Å². The van der Waals surface area contributed by atoms with Gasteiger partial charge in [0.1, 0.15) is 5.75 Å². The normalized spacial score (nSPS) is 21.7. The van der Waals surface area contributed by atoms with Gasteiger partial charge in [0.25, 0.3) is 0 Å². The van der Waals surface area contributed by atoms with Crippen molar-refractivity contribution in [3.8, 4) is 5.75 Å². The maximum atomic E-state index is 12.7. The summed E-state index contributed by atoms with van der Waals surface area (Å²) in [4.78, 5) is 14.5. The van der Waals surface area contributed by atoms with Crippen LogP contribution in [0.1, 0.15) is 50.2 Å². The van der Waals surface area contributed by atoms with E-state index in [0.29, 0.717) is 13.2 Å². The van der Waals surface area contributed by atoms with Gasteiger partial charge >= 0.3 is 0 Å². The Balaban J connectivity index is 0.00000392. The maximum absolute atomic E-state index is 12.7. The van der Waals surface area contributed by atoms with Crippen molar-refractivity contribution in [2.45, 2.75) is 65.0 Å². The molecule has 28 heavy (non-hydrogen) atoms. The highest BCUT2D eigenvalue weighted by atomic mass is 35.5. The average molecular weight is 413 g/mol. The number of nitrogens with two attached hydrogens (primary N) is 1. The molecule has 160 valence electrons. The minimum absolute atomic E-state index is 0. The van der Waals surface area contributed by atoms with Crippen molar-refractivity contribution in [2.75, 3.05) is 26.8 Å². The Bertz CT molecular complexity index is 611. The van der Waals surface area contributed by atoms with Crippen molar-refractivity contribution in [1.29, 1.82) is 0 Å². The number of aryl methyl sites for hydroxylation is 2. The quantitative estimate of drug-likeness (QED) is 0.625. The van der Waals surface area contributed by atoms with Gasteiger partial charge in [0.05, 0.1) is 12.7 Å². The van der Waals surface area contributed by atoms with Gasteiger partial charge in [-0.2, -0.15) is 0 Å². The van der Waals surface area contributed by atoms with Crippen LogP contribution in [-0.4, -0.2) is 49.8 Å². The third-order valence-electron chi connectivity index (χ3n) is 5.33. The number of hydrogen-bond acceptors (Lipinski definition) is 4. The predicted octanol–water partition coefficient (Wildman–Crippen LogP) is 3.88. The molecule has 6 heteroatoms. The SMILES string of the molecule is CCCO[C@@H]1CC[C@H](C(=O)N(C)CCCOc2cc(C)ccc2C)C[C@H]1N.Cl. The standard InChI is InChI=1S/C22H36N2O3.ClH/c1-5-12-26-20-10-9-18(15-19(20)23)22(25)24(4)11-6-13-27-21-14-16(2)7-8-17(21)3;/h7-8,14,18-20H,5-6,9-13,15,23H2,1-4H3;1H/t18-,19+,20+;/m0./s1. The van der Waals surface area contributed by atoms with Crippen LogP contribution in [0.4, 0.5) is 0 Å². The molecule has 0 spiro atoms. The van der Waals surface area contributed by atoms with Gasteiger partial charge in [0.2, 0.25) is 5.91 Å². The van der Waals surface area contributed by atoms with Crippen molar-refractivity contribution in [3.05, 3.63) is 29.3 Å². The summed E-state index contributed by atoms with van der Waals surface area (Å²) < 4.78 is 11.7. The first-order valence-electron chi connectivity index (χ1n) is 10.2. The Morgan fingerprint density at radius 1 is 1.25 bits per heavy atom. The first-order chi connectivity index (χ1) is 12.9. The number of amides is 1. The van der Waals surface area contributed by atoms with Gasteiger partial charge < -0.3 is 20.1 Å². The molecule has 0 unspecified atom stereocenters. The van der Waals surface area contributed by atoms with E-state index in [4.69, 9.17) is 15.2 Å². The molecule has 1 fully saturated rings. The van der Waals surface area contributed by atoms with Gasteiger partial charge in [-0.1, -0.05) is 19.1 Å². The van der Waals surface area contributed by atoms with Gasteiger partial charge in [-0.15, -0.1) is 12.4 Å². The molecule has 3 atom stereocenters. The highest BCUT2D eigenvalue weighted by molar-refractivity contribution is 5.85. The maximum Gasteiger partial charge on any atom is 0.225 e. The second-order valence-corrected chi connectivity index (χ2v) is 7.81. The third kappa shape index (κ3) is 7.26. The molecule has 0 bridgehead atoms. The van der Waals surface area contributed by atoms with Crippen LogP contribution in [-0.2, 0) is 9.53 Å². The Kier molecular flexibility index (Phi) is 10.9. The lowest BCUT2D eigenvalue weighted by Gasteiger charge is -2.34. The van der Waals surface area contributed by atoms with Crippen LogP contribution in [0.3, 0.4) is 0 Å². The number of carbonyl (C=O) groups excluding carboxylic acids is 1. The summed E-state index contributed by atoms with van der Waals surface area (Å²) >= 11 is 0. The molecule has 0 heterocycles. The summed E-state index contributed by atoms with van der Waals surface area (Å²) in [5.41, 5.74) is 8.58. The third-order valence-corrected chi connectivity index (χ3v) is 5.33. The molecule has 0 aromatic heterocycles. The molecule has 5 nitrogen and oxygen atoms in total. The summed E-state index contributed by atoms with van der Waals surface area (Å²) in [6.45, 7) is 8.26. The molecule has 1 aliphatic carbocycles. The molecule has 1 aromatic carbocycles. The first kappa shape index (κ1) is 24.7. The van der Waals surface area contributed by atoms with E-state index in [9.17, 15) is 4.79 Å². The molecule has 0 saturated heterocycles. The van der Waals surface area contributed by atoms with Crippen LogP contribution in [0, 0.1) is 19.8 Å². The van der Waals surface area contributed by atoms with E-state index in [-0.39, 0.29) is 36.4 Å². The number of benzene rings is 1. The molecule has 2 N–H and O–H groups in total. The molecular formula is C22H37ClN2O3. The fourth-order valence-corrected chi connectivity index (χ4v) is 3.65. The molecule has 2 rings (SSSR count). The van der Waals surface area contributed by atoms with Crippen molar-refractivity contribution >= 4 is 18.3 Å². The smallest absolute Gasteiger partial charge is 0.225 e. The number of nitrogens with zero attached hydrogens (tertiary/aromatic N) is 1. The topological polar surface area (TPSA) is 64.8 Å². The van der Waals surface area contributed by atoms with Crippen molar-refractivity contribution < 1.29 is 14.3 Å². The lowest BCUT2D eigenvalue weighted by atomic mass is 9.83. The molecule has 0 aliphatic heterocycles.